The number of nitrogens with zero attached hydrogens (tertiary/aromatic N) is 2. The van der Waals surface area contributed by atoms with Crippen molar-refractivity contribution < 1.29 is 13.2 Å². The third-order valence-electron chi connectivity index (χ3n) is 5.02. The molecule has 0 radical (unpaired) electrons. The molecule has 0 bridgehead atoms. The van der Waals surface area contributed by atoms with Crippen LogP contribution in [0.15, 0.2) is 59.5 Å². The summed E-state index contributed by atoms with van der Waals surface area (Å²) in [5, 5.41) is 3.51. The van der Waals surface area contributed by atoms with Crippen molar-refractivity contribution in [2.75, 3.05) is 18.1 Å². The van der Waals surface area contributed by atoms with E-state index in [0.717, 1.165) is 37.3 Å². The summed E-state index contributed by atoms with van der Waals surface area (Å²) in [5.74, 6) is -0.158. The molecule has 0 saturated carbocycles. The van der Waals surface area contributed by atoms with Crippen LogP contribution >= 0.6 is 23.7 Å². The van der Waals surface area contributed by atoms with Gasteiger partial charge in [-0.2, -0.15) is 0 Å². The fourth-order valence-electron chi connectivity index (χ4n) is 3.48. The van der Waals surface area contributed by atoms with Crippen molar-refractivity contribution in [3.05, 3.63) is 76.3 Å². The first-order valence-corrected chi connectivity index (χ1v) is 12.4. The maximum atomic E-state index is 12.4. The Morgan fingerprint density at radius 1 is 1.10 bits per heavy atom. The highest BCUT2D eigenvalue weighted by atomic mass is 35.5. The van der Waals surface area contributed by atoms with Crippen LogP contribution in [0.1, 0.15) is 21.7 Å². The number of fused-ring (bicyclic) bond motifs is 1. The van der Waals surface area contributed by atoms with Gasteiger partial charge in [0.2, 0.25) is 5.91 Å². The molecule has 164 valence electrons. The Balaban J connectivity index is 0.00000272. The second-order valence-corrected chi connectivity index (χ2v) is 10.6. The van der Waals surface area contributed by atoms with Gasteiger partial charge in [0.15, 0.2) is 15.0 Å². The van der Waals surface area contributed by atoms with Crippen LogP contribution in [-0.4, -0.2) is 37.0 Å². The second kappa shape index (κ2) is 9.91. The zero-order valence-corrected chi connectivity index (χ0v) is 19.5. The monoisotopic (exact) mass is 477 g/mol. The normalized spacial score (nSPS) is 13.8. The van der Waals surface area contributed by atoms with E-state index in [0.29, 0.717) is 5.13 Å². The van der Waals surface area contributed by atoms with Gasteiger partial charge in [0.25, 0.3) is 0 Å². The van der Waals surface area contributed by atoms with Crippen molar-refractivity contribution in [3.8, 4) is 0 Å². The standard InChI is InChI=1S/C22H23N3O3S2.ClH/c1-30(27,28)18-9-7-16(8-10-18)13-21(26)24-22-23-19-11-12-25(15-20(19)29-22)14-17-5-3-2-4-6-17;/h2-10H,11-15H2,1H3,(H,23,24,26);1H. The van der Waals surface area contributed by atoms with Gasteiger partial charge in [-0.05, 0) is 23.3 Å². The van der Waals surface area contributed by atoms with Gasteiger partial charge in [0.05, 0.1) is 17.0 Å². The summed E-state index contributed by atoms with van der Waals surface area (Å²) in [6, 6.07) is 16.8. The molecule has 9 heteroatoms. The number of thiazole rings is 1. The average Bonchev–Trinajstić information content (AvgIpc) is 3.09. The zero-order chi connectivity index (χ0) is 21.1. The number of benzene rings is 2. The van der Waals surface area contributed by atoms with E-state index in [-0.39, 0.29) is 29.6 Å². The molecule has 0 fully saturated rings. The highest BCUT2D eigenvalue weighted by molar-refractivity contribution is 7.90. The lowest BCUT2D eigenvalue weighted by atomic mass is 10.1. The van der Waals surface area contributed by atoms with Gasteiger partial charge in [-0.3, -0.25) is 9.69 Å². The first-order valence-electron chi connectivity index (χ1n) is 9.70. The molecule has 4 rings (SSSR count). The number of rotatable bonds is 6. The van der Waals surface area contributed by atoms with E-state index in [1.165, 1.54) is 40.2 Å². The summed E-state index contributed by atoms with van der Waals surface area (Å²) in [6.07, 6.45) is 2.22. The maximum Gasteiger partial charge on any atom is 0.230 e. The van der Waals surface area contributed by atoms with Crippen molar-refractivity contribution >= 4 is 44.6 Å². The number of carbonyl (C=O) groups is 1. The summed E-state index contributed by atoms with van der Waals surface area (Å²) in [5.41, 5.74) is 3.12. The maximum absolute atomic E-state index is 12.4. The molecular weight excluding hydrogens is 454 g/mol. The Hall–Kier alpha value is -2.26. The molecule has 0 aliphatic carbocycles. The topological polar surface area (TPSA) is 79.4 Å². The fraction of sp³-hybridized carbons (Fsp3) is 0.273. The SMILES string of the molecule is CS(=O)(=O)c1ccc(CC(=O)Nc2nc3c(s2)CN(Cc2ccccc2)CC3)cc1.Cl. The van der Waals surface area contributed by atoms with E-state index in [2.05, 4.69) is 39.5 Å². The predicted octanol–water partition coefficient (Wildman–Crippen LogP) is 3.71. The number of hydrogen-bond donors (Lipinski definition) is 1. The Bertz CT molecular complexity index is 1150. The summed E-state index contributed by atoms with van der Waals surface area (Å²) < 4.78 is 23.1. The van der Waals surface area contributed by atoms with Crippen molar-refractivity contribution in [3.63, 3.8) is 0 Å². The lowest BCUT2D eigenvalue weighted by molar-refractivity contribution is -0.115. The molecule has 0 saturated heterocycles. The Kier molecular flexibility index (Phi) is 7.48. The highest BCUT2D eigenvalue weighted by Crippen LogP contribution is 2.29. The first-order chi connectivity index (χ1) is 14.4. The van der Waals surface area contributed by atoms with Gasteiger partial charge in [0, 0.05) is 37.2 Å². The summed E-state index contributed by atoms with van der Waals surface area (Å²) in [6.45, 7) is 2.69. The van der Waals surface area contributed by atoms with Gasteiger partial charge in [0.1, 0.15) is 0 Å². The Morgan fingerprint density at radius 2 is 1.81 bits per heavy atom. The van der Waals surface area contributed by atoms with Gasteiger partial charge in [-0.25, -0.2) is 13.4 Å². The average molecular weight is 478 g/mol. The third-order valence-corrected chi connectivity index (χ3v) is 7.15. The summed E-state index contributed by atoms with van der Waals surface area (Å²) >= 11 is 1.53. The van der Waals surface area contributed by atoms with Gasteiger partial charge in [-0.15, -0.1) is 23.7 Å². The molecule has 2 heterocycles. The molecule has 1 N–H and O–H groups in total. The molecular formula is C22H24ClN3O3S2. The number of anilines is 1. The van der Waals surface area contributed by atoms with Gasteiger partial charge >= 0.3 is 0 Å². The van der Waals surface area contributed by atoms with E-state index in [1.807, 2.05) is 6.07 Å². The van der Waals surface area contributed by atoms with Crippen molar-refractivity contribution in [2.45, 2.75) is 30.8 Å². The zero-order valence-electron chi connectivity index (χ0n) is 17.1. The summed E-state index contributed by atoms with van der Waals surface area (Å²) in [4.78, 5) is 20.9. The summed E-state index contributed by atoms with van der Waals surface area (Å²) in [7, 11) is -3.24. The number of sulfone groups is 1. The molecule has 6 nitrogen and oxygen atoms in total. The van der Waals surface area contributed by atoms with E-state index in [1.54, 1.807) is 12.1 Å². The number of nitrogens with one attached hydrogen (secondary N) is 1. The van der Waals surface area contributed by atoms with E-state index < -0.39 is 9.84 Å². The second-order valence-electron chi connectivity index (χ2n) is 7.48. The highest BCUT2D eigenvalue weighted by Gasteiger charge is 2.21. The first kappa shape index (κ1) is 23.4. The van der Waals surface area contributed by atoms with E-state index >= 15 is 0 Å². The number of amides is 1. The van der Waals surface area contributed by atoms with Crippen molar-refractivity contribution in [1.82, 2.24) is 9.88 Å². The molecule has 1 aliphatic heterocycles. The largest absolute Gasteiger partial charge is 0.302 e. The van der Waals surface area contributed by atoms with Gasteiger partial charge in [-0.1, -0.05) is 42.5 Å². The number of hydrogen-bond acceptors (Lipinski definition) is 6. The van der Waals surface area contributed by atoms with Crippen LogP contribution in [-0.2, 0) is 40.6 Å². The molecule has 1 aliphatic rings. The van der Waals surface area contributed by atoms with Gasteiger partial charge < -0.3 is 5.32 Å². The van der Waals surface area contributed by atoms with Crippen molar-refractivity contribution in [2.24, 2.45) is 0 Å². The van der Waals surface area contributed by atoms with E-state index in [9.17, 15) is 13.2 Å². The lowest BCUT2D eigenvalue weighted by Crippen LogP contribution is -2.29. The quantitative estimate of drug-likeness (QED) is 0.585. The van der Waals surface area contributed by atoms with Crippen LogP contribution in [0.4, 0.5) is 5.13 Å². The molecule has 31 heavy (non-hydrogen) atoms. The van der Waals surface area contributed by atoms with Crippen LogP contribution in [0.2, 0.25) is 0 Å². The van der Waals surface area contributed by atoms with E-state index in [4.69, 9.17) is 0 Å². The number of halogens is 1. The predicted molar refractivity (Wildman–Crippen MR) is 126 cm³/mol. The Morgan fingerprint density at radius 3 is 2.48 bits per heavy atom. The van der Waals surface area contributed by atoms with Crippen LogP contribution in [0.3, 0.4) is 0 Å². The minimum atomic E-state index is -3.24. The molecule has 0 atom stereocenters. The third kappa shape index (κ3) is 6.13. The number of aromatic nitrogens is 1. The minimum absolute atomic E-state index is 0. The molecule has 0 unspecified atom stereocenters. The van der Waals surface area contributed by atoms with Crippen LogP contribution in [0, 0.1) is 0 Å². The number of carbonyl (C=O) groups excluding carboxylic acids is 1. The van der Waals surface area contributed by atoms with Crippen LogP contribution in [0.25, 0.3) is 0 Å². The minimum Gasteiger partial charge on any atom is -0.302 e. The fourth-order valence-corrected chi connectivity index (χ4v) is 5.18. The molecule has 1 amide bonds. The molecule has 1 aromatic heterocycles. The van der Waals surface area contributed by atoms with Crippen molar-refractivity contribution in [1.29, 1.82) is 0 Å². The smallest absolute Gasteiger partial charge is 0.230 e. The van der Waals surface area contributed by atoms with Crippen LogP contribution < -0.4 is 5.32 Å². The van der Waals surface area contributed by atoms with Crippen LogP contribution in [0.5, 0.6) is 0 Å². The molecule has 3 aromatic rings. The molecule has 0 spiro atoms. The lowest BCUT2D eigenvalue weighted by Gasteiger charge is -2.25. The molecule has 2 aromatic carbocycles. The Labute approximate surface area is 192 Å².